The van der Waals surface area contributed by atoms with Crippen molar-refractivity contribution in [1.82, 2.24) is 24.9 Å². The summed E-state index contributed by atoms with van der Waals surface area (Å²) in [5, 5.41) is 19.1. The molecule has 0 bridgehead atoms. The number of aryl methyl sites for hydroxylation is 1. The third kappa shape index (κ3) is 2.84. The summed E-state index contributed by atoms with van der Waals surface area (Å²) in [5.41, 5.74) is 1.81. The molecule has 0 aliphatic carbocycles. The van der Waals surface area contributed by atoms with E-state index in [0.29, 0.717) is 11.5 Å². The molecule has 3 heterocycles. The van der Waals surface area contributed by atoms with Gasteiger partial charge in [0.15, 0.2) is 0 Å². The Hall–Kier alpha value is -4.27. The van der Waals surface area contributed by atoms with E-state index in [9.17, 15) is 14.3 Å². The maximum atomic E-state index is 13.2. The van der Waals surface area contributed by atoms with Crippen molar-refractivity contribution in [3.05, 3.63) is 76.5 Å². The fraction of sp³-hybridized carbons (Fsp3) is 0.0476. The Kier molecular flexibility index (Phi) is 3.95. The summed E-state index contributed by atoms with van der Waals surface area (Å²) < 4.78 is 19.8. The second kappa shape index (κ2) is 6.66. The molecule has 0 saturated heterocycles. The van der Waals surface area contributed by atoms with Crippen LogP contribution in [0.4, 0.5) is 4.39 Å². The minimum Gasteiger partial charge on any atom is -0.506 e. The van der Waals surface area contributed by atoms with Crippen LogP contribution >= 0.6 is 0 Å². The molecule has 0 unspecified atom stereocenters. The van der Waals surface area contributed by atoms with Crippen molar-refractivity contribution >= 4 is 11.0 Å². The van der Waals surface area contributed by atoms with Crippen molar-refractivity contribution in [2.24, 2.45) is 0 Å². The van der Waals surface area contributed by atoms with Crippen molar-refractivity contribution < 1.29 is 14.0 Å². The summed E-state index contributed by atoms with van der Waals surface area (Å²) in [4.78, 5) is 19.7. The Balaban J connectivity index is 1.62. The van der Waals surface area contributed by atoms with E-state index in [4.69, 9.17) is 4.52 Å². The van der Waals surface area contributed by atoms with Gasteiger partial charge in [-0.05, 0) is 31.2 Å². The van der Waals surface area contributed by atoms with E-state index in [1.54, 1.807) is 0 Å². The van der Waals surface area contributed by atoms with E-state index in [0.717, 1.165) is 11.1 Å². The summed E-state index contributed by atoms with van der Waals surface area (Å²) in [6.07, 6.45) is 1.39. The van der Waals surface area contributed by atoms with E-state index in [1.165, 1.54) is 35.1 Å². The van der Waals surface area contributed by atoms with Gasteiger partial charge >= 0.3 is 0 Å². The Morgan fingerprint density at radius 3 is 2.57 bits per heavy atom. The largest absolute Gasteiger partial charge is 0.506 e. The molecule has 0 aliphatic heterocycles. The first-order valence-electron chi connectivity index (χ1n) is 9.01. The summed E-state index contributed by atoms with van der Waals surface area (Å²) in [5.74, 6) is -0.539. The van der Waals surface area contributed by atoms with Gasteiger partial charge in [-0.1, -0.05) is 35.0 Å². The normalized spacial score (nSPS) is 11.3. The lowest BCUT2D eigenvalue weighted by Gasteiger charge is -2.05. The number of halogens is 1. The summed E-state index contributed by atoms with van der Waals surface area (Å²) in [6, 6.07) is 13.1. The number of rotatable bonds is 3. The van der Waals surface area contributed by atoms with Gasteiger partial charge in [-0.2, -0.15) is 10.1 Å². The highest BCUT2D eigenvalue weighted by molar-refractivity contribution is 5.89. The Labute approximate surface area is 168 Å². The van der Waals surface area contributed by atoms with Crippen molar-refractivity contribution in [2.45, 2.75) is 6.92 Å². The van der Waals surface area contributed by atoms with Crippen molar-refractivity contribution in [1.29, 1.82) is 0 Å². The molecule has 0 radical (unpaired) electrons. The van der Waals surface area contributed by atoms with Crippen LogP contribution in [0.5, 0.6) is 5.75 Å². The monoisotopic (exact) mass is 403 g/mol. The third-order valence-corrected chi connectivity index (χ3v) is 4.74. The number of H-pyrrole nitrogens is 1. The lowest BCUT2D eigenvalue weighted by Crippen LogP contribution is -2.11. The van der Waals surface area contributed by atoms with Gasteiger partial charge in [-0.15, -0.1) is 0 Å². The third-order valence-electron chi connectivity index (χ3n) is 4.74. The lowest BCUT2D eigenvalue weighted by molar-refractivity contribution is 0.426. The summed E-state index contributed by atoms with van der Waals surface area (Å²) >= 11 is 0. The van der Waals surface area contributed by atoms with Crippen LogP contribution in [0.1, 0.15) is 5.56 Å². The van der Waals surface area contributed by atoms with Crippen LogP contribution in [-0.2, 0) is 0 Å². The number of nitrogens with one attached hydrogen (secondary N) is 1. The van der Waals surface area contributed by atoms with Crippen LogP contribution in [0, 0.1) is 12.7 Å². The van der Waals surface area contributed by atoms with Crippen LogP contribution in [-0.4, -0.2) is 30.0 Å². The molecule has 0 saturated carbocycles. The molecule has 0 amide bonds. The number of hydrogen-bond acceptors (Lipinski definition) is 6. The van der Waals surface area contributed by atoms with Gasteiger partial charge in [0.05, 0.1) is 17.3 Å². The number of hydrogen-bond donors (Lipinski definition) is 2. The fourth-order valence-corrected chi connectivity index (χ4v) is 3.18. The molecule has 0 atom stereocenters. The molecular formula is C21H14FN5O3. The second-order valence-electron chi connectivity index (χ2n) is 6.76. The second-order valence-corrected chi connectivity index (χ2v) is 6.76. The molecule has 0 fully saturated rings. The quantitative estimate of drug-likeness (QED) is 0.476. The van der Waals surface area contributed by atoms with E-state index >= 15 is 0 Å². The highest BCUT2D eigenvalue weighted by Gasteiger charge is 2.22. The Morgan fingerprint density at radius 1 is 1.10 bits per heavy atom. The molecule has 2 aromatic carbocycles. The number of benzene rings is 2. The van der Waals surface area contributed by atoms with Crippen molar-refractivity contribution in [3.63, 3.8) is 0 Å². The fourth-order valence-electron chi connectivity index (χ4n) is 3.18. The van der Waals surface area contributed by atoms with Crippen LogP contribution < -0.4 is 5.56 Å². The lowest BCUT2D eigenvalue weighted by atomic mass is 10.1. The number of aromatic amines is 1. The van der Waals surface area contributed by atoms with Gasteiger partial charge in [-0.3, -0.25) is 4.79 Å². The number of aromatic nitrogens is 5. The molecule has 0 aliphatic rings. The Bertz CT molecular complexity index is 1430. The van der Waals surface area contributed by atoms with Crippen LogP contribution in [0.25, 0.3) is 39.6 Å². The highest BCUT2D eigenvalue weighted by atomic mass is 19.1. The first kappa shape index (κ1) is 17.8. The number of pyridine rings is 1. The number of aromatic hydroxyl groups is 1. The van der Waals surface area contributed by atoms with Gasteiger partial charge in [0.1, 0.15) is 22.8 Å². The smallest absolute Gasteiger partial charge is 0.267 e. The molecule has 0 spiro atoms. The molecule has 9 heteroatoms. The predicted octanol–water partition coefficient (Wildman–Crippen LogP) is 3.58. The van der Waals surface area contributed by atoms with Crippen LogP contribution in [0.15, 0.2) is 64.0 Å². The molecule has 5 aromatic rings. The standard InChI is InChI=1S/C21H14FN5O3/c1-11-2-4-12(5-3-11)18-24-21(30-26-18)16-17(28)15-10-23-27(19(15)25-20(16)29)14-8-6-13(22)7-9-14/h2-10H,1H3,(H2,25,28,29). The summed E-state index contributed by atoms with van der Waals surface area (Å²) in [7, 11) is 0. The van der Waals surface area contributed by atoms with Gasteiger partial charge in [0.25, 0.3) is 11.4 Å². The minimum absolute atomic E-state index is 0.110. The molecule has 2 N–H and O–H groups in total. The van der Waals surface area contributed by atoms with Crippen molar-refractivity contribution in [2.75, 3.05) is 0 Å². The summed E-state index contributed by atoms with van der Waals surface area (Å²) in [6.45, 7) is 1.96. The van der Waals surface area contributed by atoms with Crippen LogP contribution in [0.2, 0.25) is 0 Å². The van der Waals surface area contributed by atoms with E-state index < -0.39 is 11.4 Å². The maximum Gasteiger partial charge on any atom is 0.267 e. The topological polar surface area (TPSA) is 110 Å². The van der Waals surface area contributed by atoms with E-state index in [1.807, 2.05) is 31.2 Å². The van der Waals surface area contributed by atoms with E-state index in [-0.39, 0.29) is 28.2 Å². The maximum absolute atomic E-state index is 13.2. The zero-order valence-electron chi connectivity index (χ0n) is 15.6. The van der Waals surface area contributed by atoms with Gasteiger partial charge < -0.3 is 14.6 Å². The molecule has 30 heavy (non-hydrogen) atoms. The predicted molar refractivity (Wildman–Crippen MR) is 107 cm³/mol. The Morgan fingerprint density at radius 2 is 1.83 bits per heavy atom. The molecule has 3 aromatic heterocycles. The van der Waals surface area contributed by atoms with Gasteiger partial charge in [-0.25, -0.2) is 9.07 Å². The SMILES string of the molecule is Cc1ccc(-c2noc(-c3c(O)c4cnn(-c5ccc(F)cc5)c4[nH]c3=O)n2)cc1. The van der Waals surface area contributed by atoms with Crippen molar-refractivity contribution in [3.8, 4) is 34.3 Å². The number of nitrogens with zero attached hydrogens (tertiary/aromatic N) is 4. The van der Waals surface area contributed by atoms with Gasteiger partial charge in [0.2, 0.25) is 5.82 Å². The first-order valence-corrected chi connectivity index (χ1v) is 9.01. The number of fused-ring (bicyclic) bond motifs is 1. The molecular weight excluding hydrogens is 389 g/mol. The minimum atomic E-state index is -0.622. The average molecular weight is 403 g/mol. The van der Waals surface area contributed by atoms with Gasteiger partial charge in [0, 0.05) is 5.56 Å². The average Bonchev–Trinajstić information content (AvgIpc) is 3.37. The first-order chi connectivity index (χ1) is 14.5. The highest BCUT2D eigenvalue weighted by Crippen LogP contribution is 2.32. The van der Waals surface area contributed by atoms with E-state index in [2.05, 4.69) is 20.2 Å². The zero-order valence-corrected chi connectivity index (χ0v) is 15.6. The van der Waals surface area contributed by atoms with Crippen LogP contribution in [0.3, 0.4) is 0 Å². The zero-order chi connectivity index (χ0) is 20.8. The molecule has 8 nitrogen and oxygen atoms in total. The molecule has 5 rings (SSSR count). The molecule has 148 valence electrons.